The molecule has 0 unspecified atom stereocenters. The van der Waals surface area contributed by atoms with Crippen LogP contribution >= 0.6 is 0 Å². The summed E-state index contributed by atoms with van der Waals surface area (Å²) in [6, 6.07) is 7.27. The molecule has 0 aliphatic heterocycles. The summed E-state index contributed by atoms with van der Waals surface area (Å²) < 4.78 is 12.2. The number of nitrogens with one attached hydrogen (secondary N) is 1. The van der Waals surface area contributed by atoms with Gasteiger partial charge in [0.15, 0.2) is 11.5 Å². The number of rotatable bonds is 6. The van der Waals surface area contributed by atoms with Gasteiger partial charge in [-0.05, 0) is 32.0 Å². The minimum atomic E-state index is -0.0697. The second kappa shape index (κ2) is 6.98. The summed E-state index contributed by atoms with van der Waals surface area (Å²) in [4.78, 5) is 12.0. The molecule has 6 nitrogen and oxygen atoms in total. The normalized spacial score (nSPS) is 10.4. The lowest BCUT2D eigenvalue weighted by atomic mass is 10.2. The van der Waals surface area contributed by atoms with E-state index in [0.29, 0.717) is 30.2 Å². The maximum absolute atomic E-state index is 12.0. The maximum Gasteiger partial charge on any atom is 0.226 e. The first-order chi connectivity index (χ1) is 10.5. The smallest absolute Gasteiger partial charge is 0.226 e. The molecule has 0 saturated heterocycles. The van der Waals surface area contributed by atoms with Crippen LogP contribution in [0.5, 0.6) is 11.5 Å². The predicted molar refractivity (Wildman–Crippen MR) is 84.5 cm³/mol. The molecule has 0 aliphatic carbocycles. The molecular formula is C16H21N3O3. The molecule has 1 heterocycles. The van der Waals surface area contributed by atoms with Crippen LogP contribution in [0.1, 0.15) is 17.8 Å². The number of aromatic nitrogens is 2. The van der Waals surface area contributed by atoms with Crippen LogP contribution in [0.15, 0.2) is 24.3 Å². The molecule has 0 spiro atoms. The Kier molecular flexibility index (Phi) is 5.04. The van der Waals surface area contributed by atoms with Crippen molar-refractivity contribution in [2.75, 3.05) is 19.5 Å². The van der Waals surface area contributed by atoms with Crippen molar-refractivity contribution in [2.24, 2.45) is 0 Å². The van der Waals surface area contributed by atoms with Crippen molar-refractivity contribution in [3.8, 4) is 11.5 Å². The number of aryl methyl sites for hydroxylation is 3. The third-order valence-corrected chi connectivity index (χ3v) is 3.32. The number of ether oxygens (including phenoxy) is 2. The zero-order valence-corrected chi connectivity index (χ0v) is 13.3. The highest BCUT2D eigenvalue weighted by Crippen LogP contribution is 2.29. The molecule has 1 aromatic carbocycles. The minimum absolute atomic E-state index is 0.0697. The van der Waals surface area contributed by atoms with Gasteiger partial charge in [0.25, 0.3) is 0 Å². The molecule has 22 heavy (non-hydrogen) atoms. The number of hydrogen-bond acceptors (Lipinski definition) is 4. The van der Waals surface area contributed by atoms with E-state index in [0.717, 1.165) is 11.4 Å². The van der Waals surface area contributed by atoms with Crippen LogP contribution in [0.25, 0.3) is 0 Å². The number of nitrogens with zero attached hydrogens (tertiary/aromatic N) is 2. The lowest BCUT2D eigenvalue weighted by Gasteiger charge is -2.11. The molecule has 1 amide bonds. The molecule has 6 heteroatoms. The van der Waals surface area contributed by atoms with E-state index in [4.69, 9.17) is 9.47 Å². The topological polar surface area (TPSA) is 65.4 Å². The third kappa shape index (κ3) is 3.78. The summed E-state index contributed by atoms with van der Waals surface area (Å²) in [5.74, 6) is 1.14. The average Bonchev–Trinajstić information content (AvgIpc) is 2.82. The van der Waals surface area contributed by atoms with Crippen LogP contribution in [0.2, 0.25) is 0 Å². The van der Waals surface area contributed by atoms with Crippen LogP contribution < -0.4 is 14.8 Å². The number of methoxy groups -OCH3 is 2. The molecular weight excluding hydrogens is 282 g/mol. The monoisotopic (exact) mass is 303 g/mol. The van der Waals surface area contributed by atoms with Gasteiger partial charge in [0.1, 0.15) is 0 Å². The van der Waals surface area contributed by atoms with Gasteiger partial charge in [0.05, 0.1) is 19.9 Å². The molecule has 0 aliphatic rings. The zero-order chi connectivity index (χ0) is 16.1. The lowest BCUT2D eigenvalue weighted by molar-refractivity contribution is -0.116. The molecule has 1 aromatic heterocycles. The fourth-order valence-corrected chi connectivity index (χ4v) is 2.25. The van der Waals surface area contributed by atoms with Crippen molar-refractivity contribution in [2.45, 2.75) is 26.8 Å². The molecule has 0 fully saturated rings. The summed E-state index contributed by atoms with van der Waals surface area (Å²) in [5, 5.41) is 7.19. The Morgan fingerprint density at radius 1 is 1.18 bits per heavy atom. The lowest BCUT2D eigenvalue weighted by Crippen LogP contribution is -2.15. The highest BCUT2D eigenvalue weighted by molar-refractivity contribution is 5.91. The first-order valence-electron chi connectivity index (χ1n) is 7.06. The molecule has 0 saturated carbocycles. The van der Waals surface area contributed by atoms with Crippen LogP contribution in [0.3, 0.4) is 0 Å². The van der Waals surface area contributed by atoms with Gasteiger partial charge in [-0.25, -0.2) is 0 Å². The van der Waals surface area contributed by atoms with E-state index in [2.05, 4.69) is 10.4 Å². The number of amides is 1. The van der Waals surface area contributed by atoms with Crippen LogP contribution in [-0.4, -0.2) is 29.9 Å². The first-order valence-corrected chi connectivity index (χ1v) is 7.06. The zero-order valence-electron chi connectivity index (χ0n) is 13.3. The quantitative estimate of drug-likeness (QED) is 0.890. The summed E-state index contributed by atoms with van der Waals surface area (Å²) in [6.07, 6.45) is 0.357. The van der Waals surface area contributed by atoms with Crippen LogP contribution in [0, 0.1) is 13.8 Å². The van der Waals surface area contributed by atoms with Crippen molar-refractivity contribution >= 4 is 11.6 Å². The average molecular weight is 303 g/mol. The van der Waals surface area contributed by atoms with Gasteiger partial charge < -0.3 is 14.8 Å². The molecule has 2 aromatic rings. The fourth-order valence-electron chi connectivity index (χ4n) is 2.25. The van der Waals surface area contributed by atoms with E-state index in [1.807, 2.05) is 24.6 Å². The molecule has 0 bridgehead atoms. The Labute approximate surface area is 130 Å². The Balaban J connectivity index is 1.96. The minimum Gasteiger partial charge on any atom is -0.493 e. The fraction of sp³-hybridized carbons (Fsp3) is 0.375. The van der Waals surface area contributed by atoms with Crippen LogP contribution in [-0.2, 0) is 11.3 Å². The number of carbonyl (C=O) groups excluding carboxylic acids is 1. The van der Waals surface area contributed by atoms with Gasteiger partial charge in [-0.15, -0.1) is 0 Å². The summed E-state index contributed by atoms with van der Waals surface area (Å²) in [5.41, 5.74) is 2.69. The van der Waals surface area contributed by atoms with Crippen molar-refractivity contribution in [3.05, 3.63) is 35.7 Å². The standard InChI is InChI=1S/C16H21N3O3/c1-11-9-12(2)19(18-11)8-7-16(20)17-13-5-6-14(21-3)15(10-13)22-4/h5-6,9-10H,7-8H2,1-4H3,(H,17,20). The number of benzene rings is 1. The Hall–Kier alpha value is -2.50. The van der Waals surface area contributed by atoms with Crippen molar-refractivity contribution < 1.29 is 14.3 Å². The maximum atomic E-state index is 12.0. The number of hydrogen-bond donors (Lipinski definition) is 1. The third-order valence-electron chi connectivity index (χ3n) is 3.32. The van der Waals surface area contributed by atoms with E-state index in [1.54, 1.807) is 32.4 Å². The molecule has 0 atom stereocenters. The predicted octanol–water partition coefficient (Wildman–Crippen LogP) is 2.55. The molecule has 1 N–H and O–H groups in total. The van der Waals surface area contributed by atoms with Gasteiger partial charge in [-0.2, -0.15) is 5.10 Å². The summed E-state index contributed by atoms with van der Waals surface area (Å²) in [6.45, 7) is 4.47. The Bertz CT molecular complexity index is 665. The molecule has 118 valence electrons. The van der Waals surface area contributed by atoms with Crippen molar-refractivity contribution in [3.63, 3.8) is 0 Å². The Morgan fingerprint density at radius 3 is 2.50 bits per heavy atom. The van der Waals surface area contributed by atoms with Crippen LogP contribution in [0.4, 0.5) is 5.69 Å². The first kappa shape index (κ1) is 15.9. The van der Waals surface area contributed by atoms with Gasteiger partial charge in [-0.1, -0.05) is 0 Å². The van der Waals surface area contributed by atoms with E-state index < -0.39 is 0 Å². The van der Waals surface area contributed by atoms with E-state index in [1.165, 1.54) is 0 Å². The highest BCUT2D eigenvalue weighted by Gasteiger charge is 2.08. The van der Waals surface area contributed by atoms with Crippen molar-refractivity contribution in [1.29, 1.82) is 0 Å². The van der Waals surface area contributed by atoms with Gasteiger partial charge in [0, 0.05) is 30.4 Å². The van der Waals surface area contributed by atoms with Gasteiger partial charge in [0.2, 0.25) is 5.91 Å². The highest BCUT2D eigenvalue weighted by atomic mass is 16.5. The SMILES string of the molecule is COc1ccc(NC(=O)CCn2nc(C)cc2C)cc1OC. The van der Waals surface area contributed by atoms with Crippen molar-refractivity contribution in [1.82, 2.24) is 9.78 Å². The Morgan fingerprint density at radius 2 is 1.91 bits per heavy atom. The van der Waals surface area contributed by atoms with Gasteiger partial charge in [-0.3, -0.25) is 9.48 Å². The van der Waals surface area contributed by atoms with E-state index in [9.17, 15) is 4.79 Å². The second-order valence-corrected chi connectivity index (χ2v) is 5.02. The second-order valence-electron chi connectivity index (χ2n) is 5.02. The molecule has 2 rings (SSSR count). The molecule has 0 radical (unpaired) electrons. The largest absolute Gasteiger partial charge is 0.493 e. The summed E-state index contributed by atoms with van der Waals surface area (Å²) in [7, 11) is 3.14. The number of carbonyl (C=O) groups is 1. The van der Waals surface area contributed by atoms with Gasteiger partial charge >= 0.3 is 0 Å². The van der Waals surface area contributed by atoms with E-state index in [-0.39, 0.29) is 5.91 Å². The number of anilines is 1. The summed E-state index contributed by atoms with van der Waals surface area (Å²) >= 11 is 0. The van der Waals surface area contributed by atoms with E-state index >= 15 is 0 Å².